The average molecular weight is 322 g/mol. The van der Waals surface area contributed by atoms with Crippen molar-refractivity contribution in [1.82, 2.24) is 19.8 Å². The second kappa shape index (κ2) is 7.12. The fourth-order valence-corrected chi connectivity index (χ4v) is 2.59. The van der Waals surface area contributed by atoms with Gasteiger partial charge >= 0.3 is 6.09 Å². The summed E-state index contributed by atoms with van der Waals surface area (Å²) >= 11 is 0. The molecule has 0 N–H and O–H groups in total. The highest BCUT2D eigenvalue weighted by Crippen LogP contribution is 2.21. The number of carbonyl (C=O) groups is 1. The quantitative estimate of drug-likeness (QED) is 0.844. The Hall–Kier alpha value is -1.89. The molecule has 1 saturated heterocycles. The molecule has 128 valence electrons. The van der Waals surface area contributed by atoms with Crippen molar-refractivity contribution < 1.29 is 14.3 Å². The van der Waals surface area contributed by atoms with Crippen LogP contribution in [-0.2, 0) is 11.3 Å². The number of aromatic nitrogens is 2. The predicted molar refractivity (Wildman–Crippen MR) is 86.3 cm³/mol. The molecule has 1 aromatic heterocycles. The number of rotatable bonds is 4. The number of amides is 1. The summed E-state index contributed by atoms with van der Waals surface area (Å²) in [6.45, 7) is 7.64. The Balaban J connectivity index is 1.92. The molecule has 23 heavy (non-hydrogen) atoms. The number of hydrogen-bond acceptors (Lipinski definition) is 6. The molecule has 1 aromatic rings. The van der Waals surface area contributed by atoms with E-state index in [1.165, 1.54) is 0 Å². The van der Waals surface area contributed by atoms with Crippen LogP contribution in [-0.4, -0.2) is 64.8 Å². The second-order valence-corrected chi connectivity index (χ2v) is 6.80. The molecular weight excluding hydrogens is 296 g/mol. The summed E-state index contributed by atoms with van der Waals surface area (Å²) < 4.78 is 10.7. The maximum Gasteiger partial charge on any atom is 0.410 e. The van der Waals surface area contributed by atoms with Crippen LogP contribution in [0.1, 0.15) is 32.9 Å². The summed E-state index contributed by atoms with van der Waals surface area (Å²) in [4.78, 5) is 24.6. The molecule has 7 heteroatoms. The third-order valence-corrected chi connectivity index (χ3v) is 3.77. The Morgan fingerprint density at radius 1 is 1.39 bits per heavy atom. The minimum Gasteiger partial charge on any atom is -0.480 e. The Bertz CT molecular complexity index is 544. The maximum absolute atomic E-state index is 12.1. The van der Waals surface area contributed by atoms with Crippen LogP contribution < -0.4 is 4.74 Å². The molecule has 0 saturated carbocycles. The van der Waals surface area contributed by atoms with E-state index in [4.69, 9.17) is 9.47 Å². The van der Waals surface area contributed by atoms with E-state index in [0.29, 0.717) is 25.5 Å². The van der Waals surface area contributed by atoms with Crippen LogP contribution in [0, 0.1) is 0 Å². The Kier molecular flexibility index (Phi) is 5.41. The van der Waals surface area contributed by atoms with Crippen molar-refractivity contribution in [2.45, 2.75) is 45.4 Å². The third-order valence-electron chi connectivity index (χ3n) is 3.77. The van der Waals surface area contributed by atoms with Crippen molar-refractivity contribution in [3.63, 3.8) is 0 Å². The molecule has 2 heterocycles. The highest BCUT2D eigenvalue weighted by atomic mass is 16.6. The summed E-state index contributed by atoms with van der Waals surface area (Å²) in [5.74, 6) is 0.543. The summed E-state index contributed by atoms with van der Waals surface area (Å²) in [6.07, 6.45) is 3.94. The van der Waals surface area contributed by atoms with E-state index in [0.717, 1.165) is 12.1 Å². The number of methoxy groups -OCH3 is 1. The molecule has 7 nitrogen and oxygen atoms in total. The standard InChI is InChI=1S/C16H26N4O3/c1-16(2,3)23-15(21)20-9-6-12(10-20)19(4)11-13-14(22-5)18-8-7-17-13/h7-8,12H,6,9-11H2,1-5H3. The van der Waals surface area contributed by atoms with Crippen molar-refractivity contribution in [2.75, 3.05) is 27.2 Å². The number of likely N-dealkylation sites (tertiary alicyclic amines) is 1. The van der Waals surface area contributed by atoms with Gasteiger partial charge in [-0.05, 0) is 34.2 Å². The van der Waals surface area contributed by atoms with Gasteiger partial charge in [0.1, 0.15) is 11.3 Å². The van der Waals surface area contributed by atoms with Gasteiger partial charge in [0, 0.05) is 38.1 Å². The Morgan fingerprint density at radius 2 is 2.09 bits per heavy atom. The van der Waals surface area contributed by atoms with Gasteiger partial charge < -0.3 is 14.4 Å². The van der Waals surface area contributed by atoms with Crippen LogP contribution in [0.15, 0.2) is 12.4 Å². The summed E-state index contributed by atoms with van der Waals surface area (Å²) in [5, 5.41) is 0. The molecule has 2 rings (SSSR count). The van der Waals surface area contributed by atoms with Gasteiger partial charge in [-0.15, -0.1) is 0 Å². The molecule has 1 unspecified atom stereocenters. The van der Waals surface area contributed by atoms with Gasteiger partial charge in [0.15, 0.2) is 0 Å². The lowest BCUT2D eigenvalue weighted by Crippen LogP contribution is -2.39. The minimum atomic E-state index is -0.464. The Morgan fingerprint density at radius 3 is 2.74 bits per heavy atom. The van der Waals surface area contributed by atoms with Crippen LogP contribution >= 0.6 is 0 Å². The van der Waals surface area contributed by atoms with E-state index in [1.54, 1.807) is 24.4 Å². The number of carbonyl (C=O) groups excluding carboxylic acids is 1. The molecule has 0 radical (unpaired) electrons. The zero-order valence-corrected chi connectivity index (χ0v) is 14.6. The molecular formula is C16H26N4O3. The van der Waals surface area contributed by atoms with Crippen molar-refractivity contribution in [3.8, 4) is 5.88 Å². The molecule has 0 aromatic carbocycles. The highest BCUT2D eigenvalue weighted by molar-refractivity contribution is 5.68. The van der Waals surface area contributed by atoms with Crippen LogP contribution in [0.4, 0.5) is 4.79 Å². The largest absolute Gasteiger partial charge is 0.480 e. The lowest BCUT2D eigenvalue weighted by atomic mass is 10.2. The summed E-state index contributed by atoms with van der Waals surface area (Å²) in [5.41, 5.74) is 0.335. The maximum atomic E-state index is 12.1. The van der Waals surface area contributed by atoms with Gasteiger partial charge in [-0.2, -0.15) is 0 Å². The van der Waals surface area contributed by atoms with Crippen LogP contribution in [0.3, 0.4) is 0 Å². The van der Waals surface area contributed by atoms with E-state index in [2.05, 4.69) is 14.9 Å². The number of nitrogens with zero attached hydrogens (tertiary/aromatic N) is 4. The van der Waals surface area contributed by atoms with Gasteiger partial charge in [-0.1, -0.05) is 0 Å². The van der Waals surface area contributed by atoms with Gasteiger partial charge in [-0.25, -0.2) is 9.78 Å². The number of ether oxygens (including phenoxy) is 2. The van der Waals surface area contributed by atoms with Crippen molar-refractivity contribution in [2.24, 2.45) is 0 Å². The molecule has 0 bridgehead atoms. The lowest BCUT2D eigenvalue weighted by Gasteiger charge is -2.26. The van der Waals surface area contributed by atoms with E-state index < -0.39 is 5.60 Å². The molecule has 1 fully saturated rings. The zero-order valence-electron chi connectivity index (χ0n) is 14.6. The van der Waals surface area contributed by atoms with Crippen molar-refractivity contribution in [3.05, 3.63) is 18.1 Å². The van der Waals surface area contributed by atoms with Crippen molar-refractivity contribution >= 4 is 6.09 Å². The predicted octanol–water partition coefficient (Wildman–Crippen LogP) is 1.93. The van der Waals surface area contributed by atoms with E-state index in [9.17, 15) is 4.79 Å². The van der Waals surface area contributed by atoms with E-state index in [-0.39, 0.29) is 12.1 Å². The molecule has 1 aliphatic heterocycles. The first-order valence-electron chi connectivity index (χ1n) is 7.82. The minimum absolute atomic E-state index is 0.245. The third kappa shape index (κ3) is 4.79. The fraction of sp³-hybridized carbons (Fsp3) is 0.688. The van der Waals surface area contributed by atoms with Crippen molar-refractivity contribution in [1.29, 1.82) is 0 Å². The average Bonchev–Trinajstić information content (AvgIpc) is 2.96. The van der Waals surface area contributed by atoms with Gasteiger partial charge in [0.05, 0.1) is 7.11 Å². The van der Waals surface area contributed by atoms with Gasteiger partial charge in [0.25, 0.3) is 0 Å². The zero-order chi connectivity index (χ0) is 17.0. The first-order chi connectivity index (χ1) is 10.8. The second-order valence-electron chi connectivity index (χ2n) is 6.80. The monoisotopic (exact) mass is 322 g/mol. The van der Waals surface area contributed by atoms with Crippen LogP contribution in [0.5, 0.6) is 5.88 Å². The normalized spacial score (nSPS) is 18.3. The number of likely N-dealkylation sites (N-methyl/N-ethyl adjacent to an activating group) is 1. The van der Waals surface area contributed by atoms with E-state index in [1.807, 2.05) is 27.8 Å². The molecule has 1 amide bonds. The molecule has 1 atom stereocenters. The van der Waals surface area contributed by atoms with Gasteiger partial charge in [0.2, 0.25) is 5.88 Å². The first kappa shape index (κ1) is 17.5. The lowest BCUT2D eigenvalue weighted by molar-refractivity contribution is 0.0282. The SMILES string of the molecule is COc1nccnc1CN(C)C1CCN(C(=O)OC(C)(C)C)C1. The first-order valence-corrected chi connectivity index (χ1v) is 7.82. The molecule has 0 spiro atoms. The van der Waals surface area contributed by atoms with Crippen LogP contribution in [0.25, 0.3) is 0 Å². The van der Waals surface area contributed by atoms with E-state index >= 15 is 0 Å². The molecule has 0 aliphatic carbocycles. The number of hydrogen-bond donors (Lipinski definition) is 0. The van der Waals surface area contributed by atoms with Gasteiger partial charge in [-0.3, -0.25) is 9.88 Å². The van der Waals surface area contributed by atoms with Crippen LogP contribution in [0.2, 0.25) is 0 Å². The fourth-order valence-electron chi connectivity index (χ4n) is 2.59. The topological polar surface area (TPSA) is 67.8 Å². The Labute approximate surface area is 137 Å². The summed E-state index contributed by atoms with van der Waals surface area (Å²) in [6, 6.07) is 0.272. The molecule has 1 aliphatic rings. The smallest absolute Gasteiger partial charge is 0.410 e. The summed E-state index contributed by atoms with van der Waals surface area (Å²) in [7, 11) is 3.62. The highest BCUT2D eigenvalue weighted by Gasteiger charge is 2.32.